The van der Waals surface area contributed by atoms with Gasteiger partial charge < -0.3 is 14.5 Å². The van der Waals surface area contributed by atoms with Gasteiger partial charge in [-0.3, -0.25) is 9.59 Å². The molecule has 2 rings (SSSR count). The van der Waals surface area contributed by atoms with Gasteiger partial charge in [0.1, 0.15) is 18.5 Å². The van der Waals surface area contributed by atoms with E-state index in [9.17, 15) is 9.59 Å². The van der Waals surface area contributed by atoms with Crippen molar-refractivity contribution in [1.82, 2.24) is 9.80 Å². The monoisotopic (exact) mass is 290 g/mol. The maximum absolute atomic E-state index is 12.7. The summed E-state index contributed by atoms with van der Waals surface area (Å²) in [5.74, 6) is 0.542. The van der Waals surface area contributed by atoms with E-state index < -0.39 is 0 Å². The van der Waals surface area contributed by atoms with E-state index in [1.165, 1.54) is 0 Å². The van der Waals surface area contributed by atoms with Gasteiger partial charge >= 0.3 is 0 Å². The van der Waals surface area contributed by atoms with Crippen LogP contribution >= 0.6 is 0 Å². The van der Waals surface area contributed by atoms with Crippen LogP contribution in [0.15, 0.2) is 24.3 Å². The molecule has 114 valence electrons. The van der Waals surface area contributed by atoms with Crippen LogP contribution in [0.3, 0.4) is 0 Å². The molecule has 1 aromatic carbocycles. The van der Waals surface area contributed by atoms with Crippen LogP contribution in [-0.4, -0.2) is 48.5 Å². The van der Waals surface area contributed by atoms with Crippen LogP contribution < -0.4 is 4.74 Å². The standard InChI is InChI=1S/C16H22N2O3/c1-16(2,3)15-17(4)13(19)10-18(15)14(20)11-6-8-12(21-5)9-7-11/h6-9,15H,10H2,1-5H3. The average molecular weight is 290 g/mol. The maximum Gasteiger partial charge on any atom is 0.255 e. The third-order valence-electron chi connectivity index (χ3n) is 3.73. The van der Waals surface area contributed by atoms with Gasteiger partial charge in [-0.25, -0.2) is 0 Å². The Morgan fingerprint density at radius 1 is 1.24 bits per heavy atom. The Morgan fingerprint density at radius 2 is 1.81 bits per heavy atom. The second kappa shape index (κ2) is 5.39. The fourth-order valence-corrected chi connectivity index (χ4v) is 2.82. The number of likely N-dealkylation sites (N-methyl/N-ethyl adjacent to an activating group) is 1. The molecule has 21 heavy (non-hydrogen) atoms. The highest BCUT2D eigenvalue weighted by atomic mass is 16.5. The lowest BCUT2D eigenvalue weighted by Crippen LogP contribution is -2.49. The van der Waals surface area contributed by atoms with Crippen molar-refractivity contribution >= 4 is 11.8 Å². The molecule has 1 saturated heterocycles. The van der Waals surface area contributed by atoms with Crippen molar-refractivity contribution in [2.75, 3.05) is 20.7 Å². The molecule has 1 heterocycles. The molecule has 0 aliphatic carbocycles. The number of carbonyl (C=O) groups excluding carboxylic acids is 2. The van der Waals surface area contributed by atoms with E-state index in [1.807, 2.05) is 20.8 Å². The number of ether oxygens (including phenoxy) is 1. The summed E-state index contributed by atoms with van der Waals surface area (Å²) in [6, 6.07) is 6.95. The summed E-state index contributed by atoms with van der Waals surface area (Å²) in [5.41, 5.74) is 0.358. The van der Waals surface area contributed by atoms with Crippen molar-refractivity contribution in [1.29, 1.82) is 0 Å². The Hall–Kier alpha value is -2.04. The first-order valence-electron chi connectivity index (χ1n) is 6.96. The first-order valence-corrected chi connectivity index (χ1v) is 6.96. The number of nitrogens with zero attached hydrogens (tertiary/aromatic N) is 2. The van der Waals surface area contributed by atoms with Gasteiger partial charge in [-0.05, 0) is 24.3 Å². The van der Waals surface area contributed by atoms with Crippen molar-refractivity contribution in [3.8, 4) is 5.75 Å². The van der Waals surface area contributed by atoms with Crippen LogP contribution in [0.1, 0.15) is 31.1 Å². The van der Waals surface area contributed by atoms with Gasteiger partial charge in [0, 0.05) is 18.0 Å². The Bertz CT molecular complexity index is 546. The molecule has 0 bridgehead atoms. The summed E-state index contributed by atoms with van der Waals surface area (Å²) in [4.78, 5) is 28.0. The Labute approximate surface area is 125 Å². The van der Waals surface area contributed by atoms with E-state index in [0.717, 1.165) is 0 Å². The SMILES string of the molecule is COc1ccc(C(=O)N2CC(=O)N(C)C2C(C)(C)C)cc1. The number of rotatable bonds is 2. The summed E-state index contributed by atoms with van der Waals surface area (Å²) in [5, 5.41) is 0. The Balaban J connectivity index is 2.30. The Morgan fingerprint density at radius 3 is 2.29 bits per heavy atom. The summed E-state index contributed by atoms with van der Waals surface area (Å²) >= 11 is 0. The first-order chi connectivity index (χ1) is 9.75. The van der Waals surface area contributed by atoms with Gasteiger partial charge in [-0.15, -0.1) is 0 Å². The van der Waals surface area contributed by atoms with Crippen LogP contribution in [0.4, 0.5) is 0 Å². The third kappa shape index (κ3) is 2.86. The minimum absolute atomic E-state index is 0.0308. The third-order valence-corrected chi connectivity index (χ3v) is 3.73. The smallest absolute Gasteiger partial charge is 0.255 e. The quantitative estimate of drug-likeness (QED) is 0.837. The van der Waals surface area contributed by atoms with Crippen LogP contribution in [0.2, 0.25) is 0 Å². The molecule has 1 aliphatic rings. The molecule has 5 heteroatoms. The molecule has 0 spiro atoms. The largest absolute Gasteiger partial charge is 0.497 e. The lowest BCUT2D eigenvalue weighted by Gasteiger charge is -2.37. The van der Waals surface area contributed by atoms with E-state index in [2.05, 4.69) is 0 Å². The van der Waals surface area contributed by atoms with Crippen LogP contribution in [0, 0.1) is 5.41 Å². The van der Waals surface area contributed by atoms with Gasteiger partial charge in [0.2, 0.25) is 5.91 Å². The van der Waals surface area contributed by atoms with Crippen molar-refractivity contribution in [3.05, 3.63) is 29.8 Å². The molecule has 1 aromatic rings. The van der Waals surface area contributed by atoms with E-state index in [4.69, 9.17) is 4.74 Å². The average Bonchev–Trinajstić information content (AvgIpc) is 2.74. The van der Waals surface area contributed by atoms with Crippen molar-refractivity contribution in [3.63, 3.8) is 0 Å². The fourth-order valence-electron chi connectivity index (χ4n) is 2.82. The highest BCUT2D eigenvalue weighted by Gasteiger charge is 2.44. The zero-order valence-electron chi connectivity index (χ0n) is 13.2. The number of carbonyl (C=O) groups is 2. The van der Waals surface area contributed by atoms with Crippen molar-refractivity contribution < 1.29 is 14.3 Å². The normalized spacial score (nSPS) is 19.1. The predicted molar refractivity (Wildman–Crippen MR) is 80.0 cm³/mol. The van der Waals surface area contributed by atoms with E-state index in [1.54, 1.807) is 48.2 Å². The molecule has 1 aliphatic heterocycles. The molecule has 0 radical (unpaired) electrons. The molecule has 1 fully saturated rings. The molecular formula is C16H22N2O3. The molecular weight excluding hydrogens is 268 g/mol. The lowest BCUT2D eigenvalue weighted by molar-refractivity contribution is -0.127. The Kier molecular flexibility index (Phi) is 3.94. The van der Waals surface area contributed by atoms with E-state index in [-0.39, 0.29) is 29.9 Å². The zero-order valence-corrected chi connectivity index (χ0v) is 13.2. The zero-order chi connectivity index (χ0) is 15.8. The van der Waals surface area contributed by atoms with Gasteiger partial charge in [-0.1, -0.05) is 20.8 Å². The molecule has 1 unspecified atom stereocenters. The van der Waals surface area contributed by atoms with E-state index >= 15 is 0 Å². The second-order valence-corrected chi connectivity index (χ2v) is 6.41. The maximum atomic E-state index is 12.7. The molecule has 1 atom stereocenters. The van der Waals surface area contributed by atoms with Crippen LogP contribution in [-0.2, 0) is 4.79 Å². The molecule has 0 saturated carbocycles. The van der Waals surface area contributed by atoms with Gasteiger partial charge in [0.05, 0.1) is 7.11 Å². The second-order valence-electron chi connectivity index (χ2n) is 6.41. The number of amides is 2. The van der Waals surface area contributed by atoms with Crippen LogP contribution in [0.25, 0.3) is 0 Å². The topological polar surface area (TPSA) is 49.9 Å². The summed E-state index contributed by atoms with van der Waals surface area (Å²) in [6.07, 6.45) is -0.236. The molecule has 5 nitrogen and oxygen atoms in total. The number of benzene rings is 1. The van der Waals surface area contributed by atoms with Crippen LogP contribution in [0.5, 0.6) is 5.75 Å². The van der Waals surface area contributed by atoms with Gasteiger partial charge in [-0.2, -0.15) is 0 Å². The molecule has 0 N–H and O–H groups in total. The van der Waals surface area contributed by atoms with E-state index in [0.29, 0.717) is 11.3 Å². The number of hydrogen-bond acceptors (Lipinski definition) is 3. The van der Waals surface area contributed by atoms with Crippen molar-refractivity contribution in [2.24, 2.45) is 5.41 Å². The highest BCUT2D eigenvalue weighted by molar-refractivity contribution is 5.98. The fraction of sp³-hybridized carbons (Fsp3) is 0.500. The van der Waals surface area contributed by atoms with Gasteiger partial charge in [0.25, 0.3) is 5.91 Å². The summed E-state index contributed by atoms with van der Waals surface area (Å²) in [6.45, 7) is 6.21. The van der Waals surface area contributed by atoms with Gasteiger partial charge in [0.15, 0.2) is 0 Å². The lowest BCUT2D eigenvalue weighted by atomic mass is 9.91. The number of methoxy groups -OCH3 is 1. The minimum Gasteiger partial charge on any atom is -0.497 e. The predicted octanol–water partition coefficient (Wildman–Crippen LogP) is 1.98. The molecule has 2 amide bonds. The number of hydrogen-bond donors (Lipinski definition) is 0. The molecule has 0 aromatic heterocycles. The summed E-state index contributed by atoms with van der Waals surface area (Å²) in [7, 11) is 3.33. The minimum atomic E-state index is -0.236. The first kappa shape index (κ1) is 15.4. The van der Waals surface area contributed by atoms with Crippen molar-refractivity contribution in [2.45, 2.75) is 26.9 Å². The highest BCUT2D eigenvalue weighted by Crippen LogP contribution is 2.31. The summed E-state index contributed by atoms with van der Waals surface area (Å²) < 4.78 is 5.10.